The molecule has 1 saturated carbocycles. The van der Waals surface area contributed by atoms with E-state index in [2.05, 4.69) is 38.5 Å². The van der Waals surface area contributed by atoms with E-state index in [1.807, 2.05) is 12.1 Å². The lowest BCUT2D eigenvalue weighted by molar-refractivity contribution is -0.138. The normalized spacial score (nSPS) is 32.0. The van der Waals surface area contributed by atoms with E-state index >= 15 is 0 Å². The highest BCUT2D eigenvalue weighted by molar-refractivity contribution is 14.1. The molecule has 2 aliphatic carbocycles. The number of allylic oxidation sites excluding steroid dienone is 2. The smallest absolute Gasteiger partial charge is 0.254 e. The molecule has 6 rings (SSSR count). The maximum atomic E-state index is 14.1. The number of alkyl halides is 3. The molecule has 2 heterocycles. The van der Waals surface area contributed by atoms with Crippen LogP contribution in [0.5, 0.6) is 17.2 Å². The highest BCUT2D eigenvalue weighted by Crippen LogP contribution is 2.67. The summed E-state index contributed by atoms with van der Waals surface area (Å²) in [6, 6.07) is 9.94. The Balaban J connectivity index is 1.56. The minimum atomic E-state index is -2.07. The number of hydrogen-bond donors (Lipinski definition) is 1. The van der Waals surface area contributed by atoms with Crippen molar-refractivity contribution < 1.29 is 33.8 Å². The van der Waals surface area contributed by atoms with Crippen molar-refractivity contribution in [1.82, 2.24) is 4.90 Å². The van der Waals surface area contributed by atoms with Crippen LogP contribution in [-0.2, 0) is 19.2 Å². The van der Waals surface area contributed by atoms with Crippen LogP contribution in [0.2, 0.25) is 0 Å². The number of fused-ring (bicyclic) bond motifs is 4. The summed E-state index contributed by atoms with van der Waals surface area (Å²) in [5.74, 6) is -5.51. The van der Waals surface area contributed by atoms with Crippen molar-refractivity contribution in [3.8, 4) is 17.2 Å². The molecule has 1 N–H and O–H groups in total. The summed E-state index contributed by atoms with van der Waals surface area (Å²) in [6.07, 6.45) is 1.84. The average Bonchev–Trinajstić information content (AvgIpc) is 3.31. The van der Waals surface area contributed by atoms with Crippen LogP contribution in [0.4, 0.5) is 5.69 Å². The second-order valence-electron chi connectivity index (χ2n) is 10.7. The number of aromatic hydroxyl groups is 1. The van der Waals surface area contributed by atoms with Crippen LogP contribution in [0.1, 0.15) is 24.3 Å². The van der Waals surface area contributed by atoms with Crippen molar-refractivity contribution in [3.63, 3.8) is 0 Å². The zero-order valence-electron chi connectivity index (χ0n) is 22.3. The van der Waals surface area contributed by atoms with Gasteiger partial charge in [-0.15, -0.1) is 23.2 Å². The largest absolute Gasteiger partial charge is 0.507 e. The Morgan fingerprint density at radius 3 is 2.33 bits per heavy atom. The van der Waals surface area contributed by atoms with Crippen LogP contribution in [0.25, 0.3) is 0 Å². The molecule has 2 aromatic carbocycles. The van der Waals surface area contributed by atoms with Gasteiger partial charge in [-0.1, -0.05) is 27.6 Å². The van der Waals surface area contributed by atoms with Crippen molar-refractivity contribution in [3.05, 3.63) is 57.2 Å². The van der Waals surface area contributed by atoms with Gasteiger partial charge in [-0.2, -0.15) is 0 Å². The molecule has 2 aliphatic heterocycles. The van der Waals surface area contributed by atoms with Crippen LogP contribution in [0.3, 0.4) is 0 Å². The lowest BCUT2D eigenvalue weighted by Gasteiger charge is -2.51. The fraction of sp³-hybridized carbons (Fsp3) is 0.379. The standard InChI is InChI=1S/C29H24BrCl2IN2O7/c1-41-15-9-19(36)22(20(10-15)42-2)23-16-7-8-17-21(25(38)35(24(17)37)14-5-3-13(33)4-6-14)18(16)11-28(31)26(39)34(12-30)27(40)29(23,28)32/h3-7,9-10,17-18,21,23,36H,8,11-12H2,1-2H3/t17-,18+,21-,23+,28+,29-/m0/s1. The van der Waals surface area contributed by atoms with E-state index < -0.39 is 51.1 Å². The molecular weight excluding hydrogens is 766 g/mol. The van der Waals surface area contributed by atoms with E-state index in [1.165, 1.54) is 31.3 Å². The quantitative estimate of drug-likeness (QED) is 0.150. The molecule has 2 aromatic rings. The summed E-state index contributed by atoms with van der Waals surface area (Å²) in [5, 5.41) is 11.3. The average molecular weight is 790 g/mol. The van der Waals surface area contributed by atoms with E-state index in [1.54, 1.807) is 18.2 Å². The number of ether oxygens (including phenoxy) is 2. The lowest BCUT2D eigenvalue weighted by atomic mass is 9.56. The van der Waals surface area contributed by atoms with Gasteiger partial charge in [-0.25, -0.2) is 0 Å². The molecule has 42 heavy (non-hydrogen) atoms. The first-order valence-corrected chi connectivity index (χ1v) is 16.0. The van der Waals surface area contributed by atoms with Gasteiger partial charge in [-0.3, -0.25) is 29.0 Å². The van der Waals surface area contributed by atoms with Gasteiger partial charge in [-0.05, 0) is 65.6 Å². The van der Waals surface area contributed by atoms with Crippen LogP contribution in [0.15, 0.2) is 48.0 Å². The maximum absolute atomic E-state index is 14.1. The highest BCUT2D eigenvalue weighted by Gasteiger charge is 2.76. The van der Waals surface area contributed by atoms with Gasteiger partial charge in [0.1, 0.15) is 17.2 Å². The fourth-order valence-electron chi connectivity index (χ4n) is 7.08. The van der Waals surface area contributed by atoms with Crippen LogP contribution >= 0.6 is 61.7 Å². The molecule has 3 fully saturated rings. The monoisotopic (exact) mass is 788 g/mol. The van der Waals surface area contributed by atoms with Gasteiger partial charge < -0.3 is 14.6 Å². The molecule has 4 aliphatic rings. The van der Waals surface area contributed by atoms with Gasteiger partial charge in [0.25, 0.3) is 11.8 Å². The number of amides is 4. The summed E-state index contributed by atoms with van der Waals surface area (Å²) >= 11 is 19.9. The Bertz CT molecular complexity index is 1590. The van der Waals surface area contributed by atoms with E-state index in [0.29, 0.717) is 17.0 Å². The number of halogens is 4. The number of carbonyl (C=O) groups is 4. The zero-order valence-corrected chi connectivity index (χ0v) is 27.5. The third kappa shape index (κ3) is 3.85. The van der Waals surface area contributed by atoms with Crippen molar-refractivity contribution in [2.75, 3.05) is 24.6 Å². The van der Waals surface area contributed by atoms with Crippen LogP contribution < -0.4 is 14.4 Å². The van der Waals surface area contributed by atoms with Crippen molar-refractivity contribution >= 4 is 91.0 Å². The fourth-order valence-corrected chi connectivity index (χ4v) is 8.85. The van der Waals surface area contributed by atoms with Gasteiger partial charge in [0.15, 0.2) is 9.75 Å². The predicted molar refractivity (Wildman–Crippen MR) is 166 cm³/mol. The number of phenols is 1. The van der Waals surface area contributed by atoms with Crippen LogP contribution in [-0.4, -0.2) is 63.1 Å². The topological polar surface area (TPSA) is 113 Å². The lowest BCUT2D eigenvalue weighted by Crippen LogP contribution is -2.60. The molecule has 0 unspecified atom stereocenters. The molecule has 13 heteroatoms. The Morgan fingerprint density at radius 2 is 1.71 bits per heavy atom. The van der Waals surface area contributed by atoms with Crippen molar-refractivity contribution in [1.29, 1.82) is 0 Å². The second-order valence-corrected chi connectivity index (χ2v) is 13.7. The summed E-state index contributed by atoms with van der Waals surface area (Å²) in [6.45, 7) is 0. The molecule has 2 saturated heterocycles. The van der Waals surface area contributed by atoms with Gasteiger partial charge >= 0.3 is 0 Å². The molecule has 4 amide bonds. The molecule has 9 nitrogen and oxygen atoms in total. The number of carbonyl (C=O) groups excluding carboxylic acids is 4. The summed E-state index contributed by atoms with van der Waals surface area (Å²) in [5.41, 5.74) is 0.980. The van der Waals surface area contributed by atoms with Crippen molar-refractivity contribution in [2.45, 2.75) is 28.5 Å². The van der Waals surface area contributed by atoms with Crippen molar-refractivity contribution in [2.24, 2.45) is 17.8 Å². The number of likely N-dealkylation sites (tertiary alicyclic amines) is 1. The number of anilines is 1. The Kier molecular flexibility index (Phi) is 7.34. The Hall–Kier alpha value is -2.35. The number of nitrogens with zero attached hydrogens (tertiary/aromatic N) is 2. The zero-order chi connectivity index (χ0) is 30.3. The first-order chi connectivity index (χ1) is 19.9. The van der Waals surface area contributed by atoms with Crippen LogP contribution in [0, 0.1) is 21.3 Å². The molecule has 220 valence electrons. The molecule has 0 aromatic heterocycles. The minimum Gasteiger partial charge on any atom is -0.507 e. The summed E-state index contributed by atoms with van der Waals surface area (Å²) in [4.78, 5) is 53.6. The maximum Gasteiger partial charge on any atom is 0.254 e. The number of benzene rings is 2. The van der Waals surface area contributed by atoms with E-state index in [0.717, 1.165) is 8.47 Å². The minimum absolute atomic E-state index is 0.136. The second kappa shape index (κ2) is 10.4. The third-order valence-electron chi connectivity index (χ3n) is 8.94. The predicted octanol–water partition coefficient (Wildman–Crippen LogP) is 4.93. The first kappa shape index (κ1) is 29.7. The first-order valence-electron chi connectivity index (χ1n) is 13.0. The SMILES string of the molecule is COc1cc(O)c([C@H]2C3=CC[C@@H]4C(=O)N(c5ccc(I)cc5)C(=O)[C@@H]4[C@@H]3C[C@@]3(Cl)C(=O)N(CBr)C(=O)[C@@]23Cl)c(OC)c1. The number of hydrogen-bond acceptors (Lipinski definition) is 7. The Morgan fingerprint density at radius 1 is 1.02 bits per heavy atom. The molecule has 0 bridgehead atoms. The third-order valence-corrected chi connectivity index (χ3v) is 11.6. The van der Waals surface area contributed by atoms with Gasteiger partial charge in [0, 0.05) is 27.2 Å². The van der Waals surface area contributed by atoms with E-state index in [-0.39, 0.29) is 41.3 Å². The molecule has 6 atom stereocenters. The number of rotatable bonds is 5. The molecule has 0 radical (unpaired) electrons. The van der Waals surface area contributed by atoms with E-state index in [4.69, 9.17) is 32.7 Å². The number of methoxy groups -OCH3 is 2. The highest BCUT2D eigenvalue weighted by atomic mass is 127. The molecule has 0 spiro atoms. The van der Waals surface area contributed by atoms with E-state index in [9.17, 15) is 24.3 Å². The molecular formula is C29H24BrCl2IN2O7. The summed E-state index contributed by atoms with van der Waals surface area (Å²) < 4.78 is 11.9. The summed E-state index contributed by atoms with van der Waals surface area (Å²) in [7, 11) is 2.82. The number of phenolic OH excluding ortho intramolecular Hbond substituents is 1. The number of imide groups is 2. The van der Waals surface area contributed by atoms with Gasteiger partial charge in [0.2, 0.25) is 11.8 Å². The van der Waals surface area contributed by atoms with Gasteiger partial charge in [0.05, 0.1) is 37.2 Å². The Labute approximate surface area is 273 Å².